The first-order valence-corrected chi connectivity index (χ1v) is 15.1. The Morgan fingerprint density at radius 1 is 1.00 bits per heavy atom. The summed E-state index contributed by atoms with van der Waals surface area (Å²) in [6.07, 6.45) is 5.50. The fraction of sp³-hybridized carbons (Fsp3) is 0.324. The van der Waals surface area contributed by atoms with Gasteiger partial charge in [0, 0.05) is 21.4 Å². The zero-order valence-electron chi connectivity index (χ0n) is 24.9. The normalized spacial score (nSPS) is 15.2. The van der Waals surface area contributed by atoms with Gasteiger partial charge in [-0.1, -0.05) is 73.1 Å². The summed E-state index contributed by atoms with van der Waals surface area (Å²) in [7, 11) is 0. The van der Waals surface area contributed by atoms with Crippen molar-refractivity contribution in [1.82, 2.24) is 5.32 Å². The van der Waals surface area contributed by atoms with Crippen LogP contribution in [0.2, 0.25) is 0 Å². The summed E-state index contributed by atoms with van der Waals surface area (Å²) in [5.74, 6) is -6.57. The van der Waals surface area contributed by atoms with E-state index in [-0.39, 0.29) is 23.6 Å². The number of nitrogens with zero attached hydrogens (tertiary/aromatic N) is 1. The number of nitrogens with one attached hydrogen (secondary N) is 2. The number of hydrogen-bond donors (Lipinski definition) is 3. The number of carbonyl (C=O) groups is 3. The summed E-state index contributed by atoms with van der Waals surface area (Å²) < 4.78 is 27.6. The van der Waals surface area contributed by atoms with Crippen LogP contribution in [0.1, 0.15) is 61.5 Å². The van der Waals surface area contributed by atoms with Crippen LogP contribution in [0, 0.1) is 11.3 Å². The standard InChI is InChI=1S/C34H36BrF2N3O4/c1-33(2,3)26-15-11-23(12-16-26)24-13-17-29(18-14-24)40(32(44)39-28-6-4-5-27(35)19-28)20-22-7-9-25(10-8-22)30(41)38-21-34(36,37)31(42)43/h4-11,13-14,17-19,26H,12,15-16,20-21H2,1-3H3,(H,38,41)(H,39,44)(H,42,43). The number of allylic oxidation sites excluding steroid dienone is 2. The third-order valence-electron chi connectivity index (χ3n) is 7.85. The maximum absolute atomic E-state index is 13.6. The molecule has 0 fully saturated rings. The summed E-state index contributed by atoms with van der Waals surface area (Å²) >= 11 is 3.42. The SMILES string of the molecule is CC(C)(C)C1CC=C(c2ccc(N(Cc3ccc(C(=O)NCC(F)(F)C(=O)O)cc3)C(=O)Nc3cccc(Br)c3)cc2)CC1. The molecular formula is C34H36BrF2N3O4. The summed E-state index contributed by atoms with van der Waals surface area (Å²) in [5.41, 5.74) is 4.74. The number of amides is 3. The van der Waals surface area contributed by atoms with E-state index in [1.165, 1.54) is 17.7 Å². The van der Waals surface area contributed by atoms with Crippen molar-refractivity contribution in [1.29, 1.82) is 0 Å². The van der Waals surface area contributed by atoms with Crippen LogP contribution in [0.5, 0.6) is 0 Å². The minimum absolute atomic E-state index is 0.0823. The van der Waals surface area contributed by atoms with Crippen LogP contribution in [-0.2, 0) is 11.3 Å². The lowest BCUT2D eigenvalue weighted by molar-refractivity contribution is -0.163. The maximum Gasteiger partial charge on any atom is 0.376 e. The molecule has 3 aromatic rings. The summed E-state index contributed by atoms with van der Waals surface area (Å²) in [6, 6.07) is 20.9. The van der Waals surface area contributed by atoms with Gasteiger partial charge in [0.25, 0.3) is 5.91 Å². The predicted octanol–water partition coefficient (Wildman–Crippen LogP) is 8.37. The minimum Gasteiger partial charge on any atom is -0.477 e. The molecule has 232 valence electrons. The highest BCUT2D eigenvalue weighted by Gasteiger charge is 2.39. The van der Waals surface area contributed by atoms with Crippen molar-refractivity contribution in [2.45, 2.75) is 52.5 Å². The second-order valence-electron chi connectivity index (χ2n) is 12.0. The van der Waals surface area contributed by atoms with Crippen molar-refractivity contribution in [2.75, 3.05) is 16.8 Å². The third kappa shape index (κ3) is 8.53. The summed E-state index contributed by atoms with van der Waals surface area (Å²) in [5, 5.41) is 13.4. The Kier molecular flexibility index (Phi) is 10.2. The van der Waals surface area contributed by atoms with Crippen LogP contribution in [0.4, 0.5) is 25.0 Å². The van der Waals surface area contributed by atoms with E-state index in [0.717, 1.165) is 29.3 Å². The summed E-state index contributed by atoms with van der Waals surface area (Å²) in [6.45, 7) is 5.69. The lowest BCUT2D eigenvalue weighted by atomic mass is 9.72. The highest BCUT2D eigenvalue weighted by atomic mass is 79.9. The molecule has 0 bridgehead atoms. The van der Waals surface area contributed by atoms with Crippen LogP contribution in [0.25, 0.3) is 5.57 Å². The van der Waals surface area contributed by atoms with E-state index < -0.39 is 24.3 Å². The van der Waals surface area contributed by atoms with E-state index in [2.05, 4.69) is 48.1 Å². The number of carboxylic acids is 1. The van der Waals surface area contributed by atoms with Crippen molar-refractivity contribution in [3.05, 3.63) is 100 Å². The lowest BCUT2D eigenvalue weighted by Gasteiger charge is -2.33. The molecule has 4 rings (SSSR count). The predicted molar refractivity (Wildman–Crippen MR) is 172 cm³/mol. The molecule has 3 amide bonds. The molecule has 1 aliphatic carbocycles. The number of halogens is 3. The van der Waals surface area contributed by atoms with E-state index in [4.69, 9.17) is 5.11 Å². The van der Waals surface area contributed by atoms with Crippen molar-refractivity contribution < 1.29 is 28.3 Å². The maximum atomic E-state index is 13.6. The number of aliphatic carboxylic acids is 1. The van der Waals surface area contributed by atoms with E-state index in [9.17, 15) is 23.2 Å². The van der Waals surface area contributed by atoms with Crippen LogP contribution in [-0.4, -0.2) is 35.5 Å². The summed E-state index contributed by atoms with van der Waals surface area (Å²) in [4.78, 5) is 38.1. The molecule has 1 atom stereocenters. The Bertz CT molecular complexity index is 1530. The van der Waals surface area contributed by atoms with Crippen LogP contribution in [0.15, 0.2) is 83.3 Å². The fourth-order valence-electron chi connectivity index (χ4n) is 5.09. The fourth-order valence-corrected chi connectivity index (χ4v) is 5.49. The molecule has 1 unspecified atom stereocenters. The second kappa shape index (κ2) is 13.7. The highest BCUT2D eigenvalue weighted by Crippen LogP contribution is 2.40. The van der Waals surface area contributed by atoms with Gasteiger partial charge in [-0.15, -0.1) is 0 Å². The molecule has 7 nitrogen and oxygen atoms in total. The van der Waals surface area contributed by atoms with Crippen molar-refractivity contribution in [3.63, 3.8) is 0 Å². The van der Waals surface area contributed by atoms with Crippen molar-refractivity contribution in [2.24, 2.45) is 11.3 Å². The second-order valence-corrected chi connectivity index (χ2v) is 12.9. The zero-order chi connectivity index (χ0) is 32.1. The van der Waals surface area contributed by atoms with Crippen molar-refractivity contribution >= 4 is 50.8 Å². The van der Waals surface area contributed by atoms with Gasteiger partial charge in [0.05, 0.1) is 13.1 Å². The van der Waals surface area contributed by atoms with Gasteiger partial charge in [-0.3, -0.25) is 9.69 Å². The number of hydrogen-bond acceptors (Lipinski definition) is 3. The average molecular weight is 669 g/mol. The number of benzene rings is 3. The van der Waals surface area contributed by atoms with Crippen LogP contribution < -0.4 is 15.5 Å². The molecule has 0 saturated heterocycles. The molecule has 0 radical (unpaired) electrons. The number of anilines is 2. The quantitative estimate of drug-likeness (QED) is 0.213. The highest BCUT2D eigenvalue weighted by molar-refractivity contribution is 9.10. The number of carboxylic acid groups (broad SMARTS) is 1. The smallest absolute Gasteiger partial charge is 0.376 e. The van der Waals surface area contributed by atoms with E-state index in [0.29, 0.717) is 22.9 Å². The molecule has 0 heterocycles. The first-order chi connectivity index (χ1) is 20.7. The minimum atomic E-state index is -4.07. The molecule has 44 heavy (non-hydrogen) atoms. The number of carbonyl (C=O) groups excluding carboxylic acids is 2. The molecule has 1 aliphatic rings. The number of urea groups is 1. The first kappa shape index (κ1) is 32.9. The third-order valence-corrected chi connectivity index (χ3v) is 8.34. The Balaban J connectivity index is 1.52. The molecule has 10 heteroatoms. The van der Waals surface area contributed by atoms with Gasteiger partial charge in [0.1, 0.15) is 0 Å². The first-order valence-electron chi connectivity index (χ1n) is 14.3. The van der Waals surface area contributed by atoms with Crippen molar-refractivity contribution in [3.8, 4) is 0 Å². The molecule has 3 N–H and O–H groups in total. The topological polar surface area (TPSA) is 98.7 Å². The van der Waals surface area contributed by atoms with Gasteiger partial charge in [-0.25, -0.2) is 9.59 Å². The van der Waals surface area contributed by atoms with Gasteiger partial charge >= 0.3 is 17.9 Å². The molecule has 0 saturated carbocycles. The van der Waals surface area contributed by atoms with E-state index in [1.54, 1.807) is 29.2 Å². The Labute approximate surface area is 264 Å². The zero-order valence-corrected chi connectivity index (χ0v) is 26.5. The Hall–Kier alpha value is -4.05. The van der Waals surface area contributed by atoms with Crippen LogP contribution in [0.3, 0.4) is 0 Å². The van der Waals surface area contributed by atoms with Crippen LogP contribution >= 0.6 is 15.9 Å². The molecule has 3 aromatic carbocycles. The molecular weight excluding hydrogens is 632 g/mol. The Morgan fingerprint density at radius 2 is 1.68 bits per heavy atom. The Morgan fingerprint density at radius 3 is 2.25 bits per heavy atom. The molecule has 0 aliphatic heterocycles. The number of rotatable bonds is 9. The lowest BCUT2D eigenvalue weighted by Crippen LogP contribution is -2.42. The van der Waals surface area contributed by atoms with Gasteiger partial charge in [-0.2, -0.15) is 8.78 Å². The molecule has 0 aromatic heterocycles. The van der Waals surface area contributed by atoms with E-state index in [1.807, 2.05) is 41.7 Å². The van der Waals surface area contributed by atoms with Gasteiger partial charge < -0.3 is 15.7 Å². The van der Waals surface area contributed by atoms with Gasteiger partial charge in [-0.05, 0) is 89.8 Å². The number of alkyl halides is 2. The monoisotopic (exact) mass is 667 g/mol. The molecule has 0 spiro atoms. The van der Waals surface area contributed by atoms with Gasteiger partial charge in [0.2, 0.25) is 0 Å². The van der Waals surface area contributed by atoms with Gasteiger partial charge in [0.15, 0.2) is 0 Å². The largest absolute Gasteiger partial charge is 0.477 e. The average Bonchev–Trinajstić information content (AvgIpc) is 2.98. The van der Waals surface area contributed by atoms with E-state index >= 15 is 0 Å².